The summed E-state index contributed by atoms with van der Waals surface area (Å²) in [5, 5.41) is 5.77. The molecule has 0 unspecified atom stereocenters. The van der Waals surface area contributed by atoms with Crippen molar-refractivity contribution in [1.82, 2.24) is 4.31 Å². The molecule has 0 aliphatic carbocycles. The third-order valence-electron chi connectivity index (χ3n) is 5.40. The van der Waals surface area contributed by atoms with Gasteiger partial charge < -0.3 is 20.1 Å². The summed E-state index contributed by atoms with van der Waals surface area (Å²) in [6, 6.07) is 9.24. The van der Waals surface area contributed by atoms with E-state index in [-0.39, 0.29) is 29.9 Å². The minimum atomic E-state index is -3.86. The van der Waals surface area contributed by atoms with Crippen LogP contribution in [0, 0.1) is 5.92 Å². The van der Waals surface area contributed by atoms with Gasteiger partial charge in [-0.2, -0.15) is 4.31 Å². The van der Waals surface area contributed by atoms with Crippen molar-refractivity contribution in [2.75, 3.05) is 37.4 Å². The Balaban J connectivity index is 1.48. The Morgan fingerprint density at radius 1 is 1.28 bits per heavy atom. The average Bonchev–Trinajstić information content (AvgIpc) is 2.78. The molecule has 0 saturated carbocycles. The lowest BCUT2D eigenvalue weighted by molar-refractivity contribution is -0.121. The number of hydrogen-bond donors (Lipinski definition) is 2. The zero-order valence-corrected chi connectivity index (χ0v) is 18.8. The second-order valence-electron chi connectivity index (χ2n) is 7.54. The maximum atomic E-state index is 13.2. The number of amides is 2. The first kappa shape index (κ1) is 22.4. The fourth-order valence-electron chi connectivity index (χ4n) is 3.73. The summed E-state index contributed by atoms with van der Waals surface area (Å²) in [4.78, 5) is 24.4. The van der Waals surface area contributed by atoms with Crippen molar-refractivity contribution in [2.45, 2.75) is 17.7 Å². The largest absolute Gasteiger partial charge is 0.495 e. The number of rotatable bonds is 5. The quantitative estimate of drug-likeness (QED) is 0.681. The highest BCUT2D eigenvalue weighted by molar-refractivity contribution is 7.89. The maximum Gasteiger partial charge on any atom is 0.262 e. The van der Waals surface area contributed by atoms with E-state index in [9.17, 15) is 18.0 Å². The second-order valence-corrected chi connectivity index (χ2v) is 9.88. The Hall–Kier alpha value is -2.82. The van der Waals surface area contributed by atoms with Gasteiger partial charge in [0, 0.05) is 18.8 Å². The van der Waals surface area contributed by atoms with Crippen molar-refractivity contribution in [3.63, 3.8) is 0 Å². The number of nitrogens with one attached hydrogen (secondary N) is 2. The zero-order chi connectivity index (χ0) is 22.9. The maximum absolute atomic E-state index is 13.2. The van der Waals surface area contributed by atoms with Crippen molar-refractivity contribution in [3.8, 4) is 11.5 Å². The van der Waals surface area contributed by atoms with E-state index in [1.165, 1.54) is 29.6 Å². The smallest absolute Gasteiger partial charge is 0.262 e. The monoisotopic (exact) mass is 479 g/mol. The highest BCUT2D eigenvalue weighted by Crippen LogP contribution is 2.33. The predicted octanol–water partition coefficient (Wildman–Crippen LogP) is 2.72. The molecule has 170 valence electrons. The van der Waals surface area contributed by atoms with Crippen LogP contribution in [0.25, 0.3) is 0 Å². The van der Waals surface area contributed by atoms with Crippen LogP contribution in [0.5, 0.6) is 11.5 Å². The molecule has 32 heavy (non-hydrogen) atoms. The molecule has 4 rings (SSSR count). The van der Waals surface area contributed by atoms with Crippen LogP contribution in [0.2, 0.25) is 5.02 Å². The minimum Gasteiger partial charge on any atom is -0.495 e. The number of benzene rings is 2. The fraction of sp³-hybridized carbons (Fsp3) is 0.333. The topological polar surface area (TPSA) is 114 Å². The molecule has 9 nitrogen and oxygen atoms in total. The number of nitrogens with zero attached hydrogens (tertiary/aromatic N) is 1. The lowest BCUT2D eigenvalue weighted by Crippen LogP contribution is -2.43. The molecule has 2 aromatic carbocycles. The molecule has 0 aromatic heterocycles. The van der Waals surface area contributed by atoms with Gasteiger partial charge in [0.2, 0.25) is 15.9 Å². The predicted molar refractivity (Wildman–Crippen MR) is 119 cm³/mol. The van der Waals surface area contributed by atoms with Crippen molar-refractivity contribution >= 4 is 44.8 Å². The summed E-state index contributed by atoms with van der Waals surface area (Å²) in [6.07, 6.45) is 1.11. The Kier molecular flexibility index (Phi) is 6.27. The number of carbonyl (C=O) groups is 2. The molecule has 1 atom stereocenters. The number of methoxy groups -OCH3 is 1. The van der Waals surface area contributed by atoms with E-state index in [0.29, 0.717) is 47.3 Å². The van der Waals surface area contributed by atoms with Gasteiger partial charge in [-0.1, -0.05) is 11.6 Å². The van der Waals surface area contributed by atoms with Gasteiger partial charge in [-0.05, 0) is 49.2 Å². The highest BCUT2D eigenvalue weighted by atomic mass is 35.5. The minimum absolute atomic E-state index is 0.0324. The van der Waals surface area contributed by atoms with Crippen molar-refractivity contribution < 1.29 is 27.5 Å². The Morgan fingerprint density at radius 2 is 2.09 bits per heavy atom. The van der Waals surface area contributed by atoms with Gasteiger partial charge in [-0.15, -0.1) is 0 Å². The first-order valence-corrected chi connectivity index (χ1v) is 11.8. The van der Waals surface area contributed by atoms with Crippen LogP contribution in [-0.2, 0) is 19.6 Å². The standard InChI is InChI=1S/C21H22ClN3O6S/c1-30-18-6-4-14(9-16(18)22)23-21(27)13-3-2-8-25(11-13)32(28,29)15-5-7-19-17(10-15)24-20(26)12-31-19/h4-7,9-10,13H,2-3,8,11-12H2,1H3,(H,23,27)(H,24,26)/t13-/m1/s1. The van der Waals surface area contributed by atoms with E-state index in [1.54, 1.807) is 18.2 Å². The normalized spacial score (nSPS) is 18.8. The van der Waals surface area contributed by atoms with Gasteiger partial charge in [0.05, 0.1) is 28.6 Å². The van der Waals surface area contributed by atoms with Gasteiger partial charge in [0.25, 0.3) is 5.91 Å². The van der Waals surface area contributed by atoms with Crippen LogP contribution in [0.15, 0.2) is 41.3 Å². The first-order chi connectivity index (χ1) is 15.3. The molecule has 0 bridgehead atoms. The summed E-state index contributed by atoms with van der Waals surface area (Å²) < 4.78 is 38.1. The van der Waals surface area contributed by atoms with Crippen molar-refractivity contribution in [3.05, 3.63) is 41.4 Å². The first-order valence-electron chi connectivity index (χ1n) is 9.99. The summed E-state index contributed by atoms with van der Waals surface area (Å²) in [5.74, 6) is -0.235. The summed E-state index contributed by atoms with van der Waals surface area (Å²) in [7, 11) is -2.36. The number of sulfonamides is 1. The van der Waals surface area contributed by atoms with Crippen LogP contribution in [-0.4, -0.2) is 51.3 Å². The fourth-order valence-corrected chi connectivity index (χ4v) is 5.54. The molecular formula is C21H22ClN3O6S. The van der Waals surface area contributed by atoms with Gasteiger partial charge in [0.15, 0.2) is 6.61 Å². The number of ether oxygens (including phenoxy) is 2. The molecule has 0 spiro atoms. The Morgan fingerprint density at radius 3 is 2.84 bits per heavy atom. The molecule has 2 N–H and O–H groups in total. The molecule has 2 heterocycles. The van der Waals surface area contributed by atoms with Crippen LogP contribution >= 0.6 is 11.6 Å². The second kappa shape index (κ2) is 8.97. The highest BCUT2D eigenvalue weighted by Gasteiger charge is 2.34. The summed E-state index contributed by atoms with van der Waals surface area (Å²) in [6.45, 7) is 0.250. The molecule has 2 aliphatic heterocycles. The van der Waals surface area contributed by atoms with Gasteiger partial charge in [0.1, 0.15) is 11.5 Å². The van der Waals surface area contributed by atoms with Crippen LogP contribution in [0.3, 0.4) is 0 Å². The lowest BCUT2D eigenvalue weighted by Gasteiger charge is -2.31. The van der Waals surface area contributed by atoms with Gasteiger partial charge >= 0.3 is 0 Å². The Bertz CT molecular complexity index is 1170. The third-order valence-corrected chi connectivity index (χ3v) is 7.55. The van der Waals surface area contributed by atoms with Crippen LogP contribution in [0.1, 0.15) is 12.8 Å². The van der Waals surface area contributed by atoms with E-state index >= 15 is 0 Å². The van der Waals surface area contributed by atoms with E-state index < -0.39 is 15.9 Å². The summed E-state index contributed by atoms with van der Waals surface area (Å²) >= 11 is 6.11. The lowest BCUT2D eigenvalue weighted by atomic mass is 9.98. The molecule has 1 fully saturated rings. The molecule has 0 radical (unpaired) electrons. The summed E-state index contributed by atoms with van der Waals surface area (Å²) in [5.41, 5.74) is 0.816. The Labute approximate surface area is 190 Å². The van der Waals surface area contributed by atoms with E-state index in [2.05, 4.69) is 10.6 Å². The van der Waals surface area contributed by atoms with E-state index in [4.69, 9.17) is 21.1 Å². The van der Waals surface area contributed by atoms with Gasteiger partial charge in [-0.25, -0.2) is 8.42 Å². The molecule has 1 saturated heterocycles. The SMILES string of the molecule is COc1ccc(NC(=O)[C@@H]2CCCN(S(=O)(=O)c3ccc4c(c3)NC(=O)CO4)C2)cc1Cl. The number of halogens is 1. The van der Waals surface area contributed by atoms with Gasteiger partial charge in [-0.3, -0.25) is 9.59 Å². The number of carbonyl (C=O) groups excluding carboxylic acids is 2. The zero-order valence-electron chi connectivity index (χ0n) is 17.3. The van der Waals surface area contributed by atoms with E-state index in [0.717, 1.165) is 0 Å². The number of fused-ring (bicyclic) bond motifs is 1. The number of piperidine rings is 1. The van der Waals surface area contributed by atoms with Crippen LogP contribution in [0.4, 0.5) is 11.4 Å². The van der Waals surface area contributed by atoms with E-state index in [1.807, 2.05) is 0 Å². The number of anilines is 2. The third kappa shape index (κ3) is 4.52. The molecule has 2 aliphatic rings. The molecule has 2 aromatic rings. The van der Waals surface area contributed by atoms with Crippen LogP contribution < -0.4 is 20.1 Å². The molecule has 2 amide bonds. The van der Waals surface area contributed by atoms with Crippen molar-refractivity contribution in [1.29, 1.82) is 0 Å². The number of hydrogen-bond acceptors (Lipinski definition) is 6. The average molecular weight is 480 g/mol. The molecular weight excluding hydrogens is 458 g/mol. The van der Waals surface area contributed by atoms with Crippen molar-refractivity contribution in [2.24, 2.45) is 5.92 Å². The molecule has 11 heteroatoms.